The number of pyridine rings is 1. The largest absolute Gasteiger partial charge is 0.354 e. The van der Waals surface area contributed by atoms with Crippen molar-refractivity contribution in [2.45, 2.75) is 57.2 Å². The zero-order chi connectivity index (χ0) is 34.5. The molecule has 4 aromatic rings. The average molecular weight is 666 g/mol. The molecule has 3 amide bonds. The Balaban J connectivity index is 1.57. The van der Waals surface area contributed by atoms with E-state index >= 15 is 0 Å². The van der Waals surface area contributed by atoms with Gasteiger partial charge < -0.3 is 20.4 Å². The van der Waals surface area contributed by atoms with Crippen LogP contribution >= 0.6 is 11.3 Å². The Bertz CT molecular complexity index is 1620. The standard InChI is InChI=1S/C39H47N5O3S/c1-39(2,40-3)22-9-14-36(45)43(4)35(27-30-15-17-32(18-16-30)31-11-7-6-8-12-31)38(47)44(5)34(28-33-13-10-26-48-33)37(46)42-25-21-29-19-23-41-24-20-29/h6-20,23-24,26,34-35,40H,21-22,25,27-28H2,1-5H3,(H,42,46)/t34-,35-/m1/s1. The zero-order valence-electron chi connectivity index (χ0n) is 28.6. The molecule has 2 aromatic heterocycles. The lowest BCUT2D eigenvalue weighted by Crippen LogP contribution is -2.56. The highest BCUT2D eigenvalue weighted by molar-refractivity contribution is 7.09. The normalized spacial score (nSPS) is 12.8. The van der Waals surface area contributed by atoms with Gasteiger partial charge in [0.05, 0.1) is 0 Å². The third-order valence-electron chi connectivity index (χ3n) is 8.71. The van der Waals surface area contributed by atoms with E-state index in [0.717, 1.165) is 27.1 Å². The minimum atomic E-state index is -0.831. The smallest absolute Gasteiger partial charge is 0.246 e. The summed E-state index contributed by atoms with van der Waals surface area (Å²) in [6.45, 7) is 4.54. The molecule has 2 N–H and O–H groups in total. The Hall–Kier alpha value is -4.60. The van der Waals surface area contributed by atoms with Crippen molar-refractivity contribution in [3.8, 4) is 11.1 Å². The predicted molar refractivity (Wildman–Crippen MR) is 195 cm³/mol. The van der Waals surface area contributed by atoms with Crippen molar-refractivity contribution in [1.29, 1.82) is 0 Å². The number of aromatic nitrogens is 1. The molecule has 0 aliphatic rings. The van der Waals surface area contributed by atoms with Crippen molar-refractivity contribution < 1.29 is 14.4 Å². The summed E-state index contributed by atoms with van der Waals surface area (Å²) in [5.74, 6) is -0.804. The van der Waals surface area contributed by atoms with Crippen LogP contribution in [0, 0.1) is 0 Å². The number of benzene rings is 2. The SMILES string of the molecule is CNC(C)(C)CC=CC(=O)N(C)[C@H](Cc1ccc(-c2ccccc2)cc1)C(=O)N(C)[C@H](Cc1cccs1)C(=O)NCCc1ccncc1. The van der Waals surface area contributed by atoms with Gasteiger partial charge in [0.2, 0.25) is 17.7 Å². The molecule has 9 heteroatoms. The predicted octanol–water partition coefficient (Wildman–Crippen LogP) is 5.55. The quantitative estimate of drug-likeness (QED) is 0.153. The lowest BCUT2D eigenvalue weighted by Gasteiger charge is -2.34. The summed E-state index contributed by atoms with van der Waals surface area (Å²) in [4.78, 5) is 49.7. The number of carbonyl (C=O) groups is 3. The second-order valence-electron chi connectivity index (χ2n) is 12.6. The summed E-state index contributed by atoms with van der Waals surface area (Å²) < 4.78 is 0. The van der Waals surface area contributed by atoms with Crippen molar-refractivity contribution in [3.05, 3.63) is 125 Å². The number of hydrogen-bond acceptors (Lipinski definition) is 6. The first kappa shape index (κ1) is 36.2. The molecular formula is C39H47N5O3S. The summed E-state index contributed by atoms with van der Waals surface area (Å²) in [5, 5.41) is 8.24. The van der Waals surface area contributed by atoms with Gasteiger partial charge in [-0.2, -0.15) is 0 Å². The number of likely N-dealkylation sites (N-methyl/N-ethyl adjacent to an activating group) is 2. The van der Waals surface area contributed by atoms with Gasteiger partial charge in [0.15, 0.2) is 0 Å². The first-order chi connectivity index (χ1) is 23.1. The summed E-state index contributed by atoms with van der Waals surface area (Å²) in [6.07, 6.45) is 8.79. The molecule has 2 atom stereocenters. The van der Waals surface area contributed by atoms with Gasteiger partial charge in [0, 0.05) is 56.3 Å². The second-order valence-corrected chi connectivity index (χ2v) is 13.6. The lowest BCUT2D eigenvalue weighted by atomic mass is 9.98. The summed E-state index contributed by atoms with van der Waals surface area (Å²) >= 11 is 1.55. The van der Waals surface area contributed by atoms with E-state index in [1.165, 1.54) is 15.9 Å². The third-order valence-corrected chi connectivity index (χ3v) is 9.61. The number of carbonyl (C=O) groups excluding carboxylic acids is 3. The van der Waals surface area contributed by atoms with Crippen molar-refractivity contribution in [3.63, 3.8) is 0 Å². The van der Waals surface area contributed by atoms with Gasteiger partial charge in [-0.15, -0.1) is 11.3 Å². The van der Waals surface area contributed by atoms with Gasteiger partial charge in [-0.3, -0.25) is 19.4 Å². The molecule has 0 aliphatic carbocycles. The highest BCUT2D eigenvalue weighted by Crippen LogP contribution is 2.22. The molecule has 0 saturated heterocycles. The van der Waals surface area contributed by atoms with E-state index in [-0.39, 0.29) is 23.3 Å². The van der Waals surface area contributed by atoms with Crippen LogP contribution in [-0.4, -0.2) is 77.8 Å². The number of nitrogens with one attached hydrogen (secondary N) is 2. The van der Waals surface area contributed by atoms with Crippen LogP contribution in [0.3, 0.4) is 0 Å². The Labute approximate surface area is 288 Å². The summed E-state index contributed by atoms with van der Waals surface area (Å²) in [7, 11) is 5.21. The molecule has 0 fully saturated rings. The van der Waals surface area contributed by atoms with Crippen molar-refractivity contribution in [2.24, 2.45) is 0 Å². The van der Waals surface area contributed by atoms with E-state index in [1.807, 2.05) is 85.2 Å². The Morgan fingerprint density at radius 1 is 0.833 bits per heavy atom. The lowest BCUT2D eigenvalue weighted by molar-refractivity contribution is -0.146. The number of amides is 3. The first-order valence-corrected chi connectivity index (χ1v) is 17.2. The van der Waals surface area contributed by atoms with Gasteiger partial charge in [0.1, 0.15) is 12.1 Å². The summed E-state index contributed by atoms with van der Waals surface area (Å²) in [6, 6.07) is 24.3. The maximum Gasteiger partial charge on any atom is 0.246 e. The van der Waals surface area contributed by atoms with Gasteiger partial charge in [-0.25, -0.2) is 0 Å². The van der Waals surface area contributed by atoms with Crippen molar-refractivity contribution in [1.82, 2.24) is 25.4 Å². The number of thiophene rings is 1. The molecule has 4 rings (SSSR count). The maximum atomic E-state index is 14.4. The van der Waals surface area contributed by atoms with Crippen LogP contribution in [0.25, 0.3) is 11.1 Å². The van der Waals surface area contributed by atoms with Crippen LogP contribution in [0.2, 0.25) is 0 Å². The van der Waals surface area contributed by atoms with Crippen molar-refractivity contribution in [2.75, 3.05) is 27.7 Å². The van der Waals surface area contributed by atoms with E-state index in [1.54, 1.807) is 37.8 Å². The van der Waals surface area contributed by atoms with Crippen LogP contribution < -0.4 is 10.6 Å². The van der Waals surface area contributed by atoms with Crippen LogP contribution in [0.4, 0.5) is 0 Å². The minimum Gasteiger partial charge on any atom is -0.354 e. The molecule has 0 aliphatic heterocycles. The van der Waals surface area contributed by atoms with E-state index in [0.29, 0.717) is 32.2 Å². The Morgan fingerprint density at radius 2 is 1.52 bits per heavy atom. The fourth-order valence-corrected chi connectivity index (χ4v) is 6.06. The Kier molecular flexibility index (Phi) is 13.2. The van der Waals surface area contributed by atoms with Gasteiger partial charge in [-0.1, -0.05) is 66.7 Å². The number of hydrogen-bond donors (Lipinski definition) is 2. The molecule has 0 bridgehead atoms. The zero-order valence-corrected chi connectivity index (χ0v) is 29.4. The van der Waals surface area contributed by atoms with Crippen LogP contribution in [-0.2, 0) is 33.6 Å². The Morgan fingerprint density at radius 3 is 2.17 bits per heavy atom. The van der Waals surface area contributed by atoms with Crippen molar-refractivity contribution >= 4 is 29.1 Å². The highest BCUT2D eigenvalue weighted by Gasteiger charge is 2.35. The maximum absolute atomic E-state index is 14.4. The third kappa shape index (κ3) is 10.5. The molecule has 0 saturated carbocycles. The van der Waals surface area contributed by atoms with Gasteiger partial charge in [0.25, 0.3) is 0 Å². The topological polar surface area (TPSA) is 94.6 Å². The number of nitrogens with zero attached hydrogens (tertiary/aromatic N) is 3. The molecular weight excluding hydrogens is 619 g/mol. The second kappa shape index (κ2) is 17.5. The molecule has 0 unspecified atom stereocenters. The monoisotopic (exact) mass is 665 g/mol. The average Bonchev–Trinajstić information content (AvgIpc) is 3.63. The number of rotatable bonds is 16. The minimum absolute atomic E-state index is 0.176. The molecule has 2 heterocycles. The fraction of sp³-hybridized carbons (Fsp3) is 0.333. The van der Waals surface area contributed by atoms with E-state index in [2.05, 4.69) is 41.6 Å². The van der Waals surface area contributed by atoms with Gasteiger partial charge in [-0.05, 0) is 85.6 Å². The molecule has 8 nitrogen and oxygen atoms in total. The van der Waals surface area contributed by atoms with Crippen LogP contribution in [0.1, 0.15) is 36.3 Å². The van der Waals surface area contributed by atoms with Gasteiger partial charge >= 0.3 is 0 Å². The fourth-order valence-electron chi connectivity index (χ4n) is 5.32. The highest BCUT2D eigenvalue weighted by atomic mass is 32.1. The van der Waals surface area contributed by atoms with Crippen LogP contribution in [0.15, 0.2) is 109 Å². The van der Waals surface area contributed by atoms with E-state index in [4.69, 9.17) is 0 Å². The summed E-state index contributed by atoms with van der Waals surface area (Å²) in [5.41, 5.74) is 3.97. The molecule has 2 aromatic carbocycles. The van der Waals surface area contributed by atoms with E-state index < -0.39 is 12.1 Å². The molecule has 48 heavy (non-hydrogen) atoms. The van der Waals surface area contributed by atoms with Crippen LogP contribution in [0.5, 0.6) is 0 Å². The molecule has 0 radical (unpaired) electrons. The molecule has 252 valence electrons. The van der Waals surface area contributed by atoms with E-state index in [9.17, 15) is 14.4 Å². The molecule has 0 spiro atoms. The first-order valence-electron chi connectivity index (χ1n) is 16.3.